The number of carbonyl (C=O) groups is 1. The Morgan fingerprint density at radius 3 is 2.46 bits per heavy atom. The molecule has 3 heteroatoms. The van der Waals surface area contributed by atoms with E-state index in [1.165, 1.54) is 5.56 Å². The molecule has 0 aliphatic heterocycles. The minimum Gasteiger partial charge on any atom is -0.481 e. The van der Waals surface area contributed by atoms with Crippen LogP contribution in [0.2, 0.25) is 0 Å². The average molecular weight is 325 g/mol. The van der Waals surface area contributed by atoms with E-state index in [1.54, 1.807) is 6.92 Å². The van der Waals surface area contributed by atoms with Crippen LogP contribution >= 0.6 is 0 Å². The molecule has 3 nitrogen and oxygen atoms in total. The number of carbonyl (C=O) groups excluding carboxylic acids is 1. The average Bonchev–Trinajstić information content (AvgIpc) is 2.58. The van der Waals surface area contributed by atoms with Crippen molar-refractivity contribution in [2.24, 2.45) is 0 Å². The molecule has 0 spiro atoms. The van der Waals surface area contributed by atoms with Gasteiger partial charge in [0.1, 0.15) is 5.75 Å². The highest BCUT2D eigenvalue weighted by atomic mass is 16.5. The lowest BCUT2D eigenvalue weighted by molar-refractivity contribution is -0.127. The van der Waals surface area contributed by atoms with Gasteiger partial charge in [-0.05, 0) is 63.3 Å². The van der Waals surface area contributed by atoms with Crippen molar-refractivity contribution >= 4 is 5.91 Å². The molecule has 0 aliphatic rings. The quantitative estimate of drug-likeness (QED) is 0.828. The van der Waals surface area contributed by atoms with Gasteiger partial charge < -0.3 is 10.1 Å². The van der Waals surface area contributed by atoms with Crippen LogP contribution in [0.15, 0.2) is 48.5 Å². The molecule has 0 fully saturated rings. The molecule has 0 aromatic heterocycles. The van der Waals surface area contributed by atoms with Crippen molar-refractivity contribution in [3.63, 3.8) is 0 Å². The third-order valence-corrected chi connectivity index (χ3v) is 4.33. The highest BCUT2D eigenvalue weighted by molar-refractivity contribution is 5.81. The monoisotopic (exact) mass is 325 g/mol. The highest BCUT2D eigenvalue weighted by Gasteiger charge is 2.17. The van der Waals surface area contributed by atoms with Crippen LogP contribution in [0.3, 0.4) is 0 Å². The summed E-state index contributed by atoms with van der Waals surface area (Å²) in [7, 11) is 0. The van der Waals surface area contributed by atoms with Crippen molar-refractivity contribution in [1.82, 2.24) is 5.32 Å². The molecule has 0 radical (unpaired) electrons. The van der Waals surface area contributed by atoms with Crippen molar-refractivity contribution < 1.29 is 9.53 Å². The third kappa shape index (κ3) is 5.12. The van der Waals surface area contributed by atoms with Crippen molar-refractivity contribution in [3.05, 3.63) is 65.2 Å². The summed E-state index contributed by atoms with van der Waals surface area (Å²) in [5, 5.41) is 3.04. The SMILES string of the molecule is Cc1cccc(O[C@@H](C)C(=O)N[C@@H](C)CCc2ccccc2)c1C. The topological polar surface area (TPSA) is 38.3 Å². The Morgan fingerprint density at radius 1 is 1.04 bits per heavy atom. The zero-order valence-electron chi connectivity index (χ0n) is 15.0. The third-order valence-electron chi connectivity index (χ3n) is 4.33. The zero-order valence-corrected chi connectivity index (χ0v) is 15.0. The predicted octanol–water partition coefficient (Wildman–Crippen LogP) is 4.21. The zero-order chi connectivity index (χ0) is 17.5. The Bertz CT molecular complexity index is 667. The molecule has 0 unspecified atom stereocenters. The van der Waals surface area contributed by atoms with Gasteiger partial charge >= 0.3 is 0 Å². The first-order valence-corrected chi connectivity index (χ1v) is 8.54. The van der Waals surface area contributed by atoms with Crippen LogP contribution < -0.4 is 10.1 Å². The van der Waals surface area contributed by atoms with E-state index in [-0.39, 0.29) is 11.9 Å². The van der Waals surface area contributed by atoms with Crippen LogP contribution in [-0.2, 0) is 11.2 Å². The lowest BCUT2D eigenvalue weighted by Crippen LogP contribution is -2.41. The van der Waals surface area contributed by atoms with Gasteiger partial charge in [-0.25, -0.2) is 0 Å². The molecule has 0 heterocycles. The van der Waals surface area contributed by atoms with Crippen molar-refractivity contribution in [2.45, 2.75) is 52.7 Å². The first kappa shape index (κ1) is 18.1. The minimum absolute atomic E-state index is 0.0727. The number of hydrogen-bond donors (Lipinski definition) is 1. The molecule has 2 aromatic rings. The fraction of sp³-hybridized carbons (Fsp3) is 0.381. The van der Waals surface area contributed by atoms with Gasteiger partial charge in [-0.2, -0.15) is 0 Å². The highest BCUT2D eigenvalue weighted by Crippen LogP contribution is 2.21. The second-order valence-electron chi connectivity index (χ2n) is 6.39. The van der Waals surface area contributed by atoms with E-state index in [0.717, 1.165) is 29.7 Å². The Morgan fingerprint density at radius 2 is 1.75 bits per heavy atom. The standard InChI is InChI=1S/C21H27NO2/c1-15-9-8-12-20(17(15)3)24-18(4)21(23)22-16(2)13-14-19-10-6-5-7-11-19/h5-12,16,18H,13-14H2,1-4H3,(H,22,23)/t16-,18-/m0/s1. The van der Waals surface area contributed by atoms with E-state index in [2.05, 4.69) is 17.4 Å². The Kier molecular flexibility index (Phi) is 6.42. The summed E-state index contributed by atoms with van der Waals surface area (Å²) in [6, 6.07) is 16.3. The van der Waals surface area contributed by atoms with E-state index in [9.17, 15) is 4.79 Å². The normalized spacial score (nSPS) is 13.2. The summed E-state index contributed by atoms with van der Waals surface area (Å²) < 4.78 is 5.84. The Labute approximate surface area is 145 Å². The van der Waals surface area contributed by atoms with Crippen LogP contribution in [0.5, 0.6) is 5.75 Å². The fourth-order valence-electron chi connectivity index (χ4n) is 2.56. The number of aryl methyl sites for hydroxylation is 2. The van der Waals surface area contributed by atoms with E-state index >= 15 is 0 Å². The van der Waals surface area contributed by atoms with Gasteiger partial charge in [-0.15, -0.1) is 0 Å². The van der Waals surface area contributed by atoms with Gasteiger partial charge in [0.25, 0.3) is 5.91 Å². The number of hydrogen-bond acceptors (Lipinski definition) is 2. The molecule has 24 heavy (non-hydrogen) atoms. The molecular weight excluding hydrogens is 298 g/mol. The van der Waals surface area contributed by atoms with Crippen molar-refractivity contribution in [3.8, 4) is 5.75 Å². The Hall–Kier alpha value is -2.29. The lowest BCUT2D eigenvalue weighted by Gasteiger charge is -2.20. The summed E-state index contributed by atoms with van der Waals surface area (Å²) in [6.07, 6.45) is 1.35. The maximum Gasteiger partial charge on any atom is 0.260 e. The molecule has 2 atom stereocenters. The second kappa shape index (κ2) is 8.53. The summed E-state index contributed by atoms with van der Waals surface area (Å²) in [5.41, 5.74) is 3.53. The van der Waals surface area contributed by atoms with Crippen LogP contribution in [0.25, 0.3) is 0 Å². The maximum atomic E-state index is 12.3. The smallest absolute Gasteiger partial charge is 0.260 e. The van der Waals surface area contributed by atoms with Gasteiger partial charge in [0, 0.05) is 6.04 Å². The molecule has 2 rings (SSSR count). The van der Waals surface area contributed by atoms with E-state index < -0.39 is 6.10 Å². The van der Waals surface area contributed by atoms with Gasteiger partial charge in [0.15, 0.2) is 6.10 Å². The van der Waals surface area contributed by atoms with E-state index in [4.69, 9.17) is 4.74 Å². The van der Waals surface area contributed by atoms with Gasteiger partial charge in [0.2, 0.25) is 0 Å². The minimum atomic E-state index is -0.510. The van der Waals surface area contributed by atoms with Crippen molar-refractivity contribution in [2.75, 3.05) is 0 Å². The molecular formula is C21H27NO2. The maximum absolute atomic E-state index is 12.3. The number of amides is 1. The number of rotatable bonds is 7. The summed E-state index contributed by atoms with van der Waals surface area (Å²) in [4.78, 5) is 12.3. The molecule has 0 aliphatic carbocycles. The van der Waals surface area contributed by atoms with Crippen molar-refractivity contribution in [1.29, 1.82) is 0 Å². The molecule has 1 N–H and O–H groups in total. The summed E-state index contributed by atoms with van der Waals surface area (Å²) in [6.45, 7) is 7.88. The van der Waals surface area contributed by atoms with Gasteiger partial charge in [-0.3, -0.25) is 4.79 Å². The second-order valence-corrected chi connectivity index (χ2v) is 6.39. The van der Waals surface area contributed by atoms with Gasteiger partial charge in [0.05, 0.1) is 0 Å². The molecule has 0 saturated carbocycles. The molecule has 0 saturated heterocycles. The number of ether oxygens (including phenoxy) is 1. The fourth-order valence-corrected chi connectivity index (χ4v) is 2.56. The molecule has 128 valence electrons. The Balaban J connectivity index is 1.83. The molecule has 2 aromatic carbocycles. The predicted molar refractivity (Wildman–Crippen MR) is 98.4 cm³/mol. The summed E-state index contributed by atoms with van der Waals surface area (Å²) in [5.74, 6) is 0.700. The van der Waals surface area contributed by atoms with Crippen LogP contribution in [0, 0.1) is 13.8 Å². The molecule has 1 amide bonds. The van der Waals surface area contributed by atoms with Gasteiger partial charge in [-0.1, -0.05) is 42.5 Å². The number of nitrogens with one attached hydrogen (secondary N) is 1. The first-order valence-electron chi connectivity index (χ1n) is 8.54. The van der Waals surface area contributed by atoms with E-state index in [1.807, 2.05) is 57.2 Å². The molecule has 0 bridgehead atoms. The van der Waals surface area contributed by atoms with E-state index in [0.29, 0.717) is 0 Å². The first-order chi connectivity index (χ1) is 11.5. The van der Waals surface area contributed by atoms with Crippen LogP contribution in [0.4, 0.5) is 0 Å². The van der Waals surface area contributed by atoms with Crippen LogP contribution in [-0.4, -0.2) is 18.1 Å². The lowest BCUT2D eigenvalue weighted by atomic mass is 10.1. The largest absolute Gasteiger partial charge is 0.481 e. The summed E-state index contributed by atoms with van der Waals surface area (Å²) >= 11 is 0. The van der Waals surface area contributed by atoms with Crippen LogP contribution in [0.1, 0.15) is 37.0 Å². The number of benzene rings is 2.